The Labute approximate surface area is 123 Å². The molecule has 0 unspecified atom stereocenters. The molecular weight excluding hydrogens is 282 g/mol. The van der Waals surface area contributed by atoms with E-state index in [0.717, 1.165) is 12.8 Å². The molecule has 0 atom stereocenters. The molecule has 0 bridgehead atoms. The molecule has 1 heterocycles. The summed E-state index contributed by atoms with van der Waals surface area (Å²) in [6.07, 6.45) is 1.76. The molecule has 1 aromatic carbocycles. The van der Waals surface area contributed by atoms with Gasteiger partial charge in [-0.15, -0.1) is 12.4 Å². The van der Waals surface area contributed by atoms with E-state index < -0.39 is 4.92 Å². The maximum absolute atomic E-state index is 12.3. The van der Waals surface area contributed by atoms with Crippen LogP contribution in [-0.4, -0.2) is 41.9 Å². The number of hydrogen-bond donors (Lipinski definition) is 1. The van der Waals surface area contributed by atoms with Gasteiger partial charge < -0.3 is 10.2 Å². The van der Waals surface area contributed by atoms with Gasteiger partial charge in [0.1, 0.15) is 5.56 Å². The van der Waals surface area contributed by atoms with Crippen molar-refractivity contribution in [1.82, 2.24) is 10.2 Å². The highest BCUT2D eigenvalue weighted by atomic mass is 35.5. The smallest absolute Gasteiger partial charge is 0.282 e. The number of amides is 1. The van der Waals surface area contributed by atoms with E-state index in [9.17, 15) is 14.9 Å². The fraction of sp³-hybridized carbons (Fsp3) is 0.462. The summed E-state index contributed by atoms with van der Waals surface area (Å²) in [5, 5.41) is 14.1. The number of hydrogen-bond acceptors (Lipinski definition) is 4. The highest BCUT2D eigenvalue weighted by molar-refractivity contribution is 5.98. The Bertz CT molecular complexity index is 488. The molecule has 1 aromatic rings. The van der Waals surface area contributed by atoms with E-state index in [2.05, 4.69) is 5.32 Å². The summed E-state index contributed by atoms with van der Waals surface area (Å²) in [7, 11) is 1.91. The van der Waals surface area contributed by atoms with Crippen molar-refractivity contribution in [3.8, 4) is 0 Å². The number of benzene rings is 1. The number of carbonyl (C=O) groups excluding carboxylic acids is 1. The topological polar surface area (TPSA) is 75.5 Å². The average Bonchev–Trinajstić information content (AvgIpc) is 2.46. The van der Waals surface area contributed by atoms with Gasteiger partial charge in [0, 0.05) is 25.2 Å². The minimum absolute atomic E-state index is 0. The van der Waals surface area contributed by atoms with E-state index in [0.29, 0.717) is 19.1 Å². The standard InChI is InChI=1S/C13H17N3O3.ClH/c1-14-10-6-8-15(9-7-10)13(17)11-4-2-3-5-12(11)16(18)19;/h2-5,10,14H,6-9H2,1H3;1H. The zero-order valence-corrected chi connectivity index (χ0v) is 12.1. The first-order valence-electron chi connectivity index (χ1n) is 6.33. The van der Waals surface area contributed by atoms with Gasteiger partial charge in [-0.2, -0.15) is 0 Å². The average molecular weight is 300 g/mol. The molecule has 20 heavy (non-hydrogen) atoms. The molecule has 0 aromatic heterocycles. The lowest BCUT2D eigenvalue weighted by molar-refractivity contribution is -0.385. The number of piperidine rings is 1. The predicted molar refractivity (Wildman–Crippen MR) is 78.3 cm³/mol. The van der Waals surface area contributed by atoms with Gasteiger partial charge in [-0.1, -0.05) is 12.1 Å². The van der Waals surface area contributed by atoms with E-state index in [4.69, 9.17) is 0 Å². The molecule has 1 N–H and O–H groups in total. The molecule has 0 aliphatic carbocycles. The van der Waals surface area contributed by atoms with Crippen LogP contribution in [-0.2, 0) is 0 Å². The number of halogens is 1. The lowest BCUT2D eigenvalue weighted by atomic mass is 10.0. The molecule has 1 aliphatic rings. The third-order valence-corrected chi connectivity index (χ3v) is 3.52. The number of nitro benzene ring substituents is 1. The van der Waals surface area contributed by atoms with Crippen LogP contribution >= 0.6 is 12.4 Å². The van der Waals surface area contributed by atoms with Crippen LogP contribution in [0.25, 0.3) is 0 Å². The van der Waals surface area contributed by atoms with Gasteiger partial charge in [0.05, 0.1) is 4.92 Å². The van der Waals surface area contributed by atoms with E-state index in [-0.39, 0.29) is 29.6 Å². The van der Waals surface area contributed by atoms with Crippen LogP contribution in [0.15, 0.2) is 24.3 Å². The zero-order valence-electron chi connectivity index (χ0n) is 11.2. The summed E-state index contributed by atoms with van der Waals surface area (Å²) >= 11 is 0. The molecule has 0 radical (unpaired) electrons. The van der Waals surface area contributed by atoms with Gasteiger partial charge in [-0.3, -0.25) is 14.9 Å². The normalized spacial score (nSPS) is 15.6. The first-order chi connectivity index (χ1) is 9.13. The van der Waals surface area contributed by atoms with Crippen molar-refractivity contribution < 1.29 is 9.72 Å². The molecule has 1 fully saturated rings. The Kier molecular flexibility index (Phi) is 5.91. The maximum atomic E-state index is 12.3. The molecule has 2 rings (SSSR count). The number of para-hydroxylation sites is 1. The summed E-state index contributed by atoms with van der Waals surface area (Å²) in [6, 6.07) is 6.54. The summed E-state index contributed by atoms with van der Waals surface area (Å²) in [5.74, 6) is -0.248. The molecule has 0 spiro atoms. The van der Waals surface area contributed by atoms with Crippen LogP contribution in [0.1, 0.15) is 23.2 Å². The minimum Gasteiger partial charge on any atom is -0.338 e. The van der Waals surface area contributed by atoms with Crippen molar-refractivity contribution in [2.24, 2.45) is 0 Å². The second kappa shape index (κ2) is 7.21. The third kappa shape index (κ3) is 3.46. The summed E-state index contributed by atoms with van der Waals surface area (Å²) in [4.78, 5) is 24.4. The quantitative estimate of drug-likeness (QED) is 0.682. The Morgan fingerprint density at radius 1 is 1.35 bits per heavy atom. The summed E-state index contributed by atoms with van der Waals surface area (Å²) < 4.78 is 0. The Balaban J connectivity index is 0.00000200. The van der Waals surface area contributed by atoms with Gasteiger partial charge >= 0.3 is 0 Å². The second-order valence-electron chi connectivity index (χ2n) is 4.63. The number of nitro groups is 1. The third-order valence-electron chi connectivity index (χ3n) is 3.52. The monoisotopic (exact) mass is 299 g/mol. The van der Waals surface area contributed by atoms with Crippen molar-refractivity contribution in [1.29, 1.82) is 0 Å². The fourth-order valence-electron chi connectivity index (χ4n) is 2.36. The van der Waals surface area contributed by atoms with Gasteiger partial charge in [-0.25, -0.2) is 0 Å². The SMILES string of the molecule is CNC1CCN(C(=O)c2ccccc2[N+](=O)[O-])CC1.Cl. The largest absolute Gasteiger partial charge is 0.338 e. The highest BCUT2D eigenvalue weighted by Gasteiger charge is 2.27. The van der Waals surface area contributed by atoms with E-state index in [1.165, 1.54) is 12.1 Å². The lowest BCUT2D eigenvalue weighted by Crippen LogP contribution is -2.44. The van der Waals surface area contributed by atoms with Gasteiger partial charge in [0.2, 0.25) is 0 Å². The van der Waals surface area contributed by atoms with Crippen LogP contribution in [0.2, 0.25) is 0 Å². The lowest BCUT2D eigenvalue weighted by Gasteiger charge is -2.31. The van der Waals surface area contributed by atoms with Gasteiger partial charge in [0.25, 0.3) is 11.6 Å². The molecule has 6 nitrogen and oxygen atoms in total. The first-order valence-corrected chi connectivity index (χ1v) is 6.33. The number of likely N-dealkylation sites (tertiary alicyclic amines) is 1. The number of nitrogens with zero attached hydrogens (tertiary/aromatic N) is 2. The summed E-state index contributed by atoms with van der Waals surface area (Å²) in [5.41, 5.74) is 0.0543. The molecular formula is C13H18ClN3O3. The van der Waals surface area contributed by atoms with E-state index in [1.807, 2.05) is 7.05 Å². The molecule has 1 saturated heterocycles. The Morgan fingerprint density at radius 3 is 2.50 bits per heavy atom. The molecule has 1 amide bonds. The number of nitrogens with one attached hydrogen (secondary N) is 1. The zero-order chi connectivity index (χ0) is 13.8. The van der Waals surface area contributed by atoms with Crippen molar-refractivity contribution in [3.63, 3.8) is 0 Å². The molecule has 7 heteroatoms. The van der Waals surface area contributed by atoms with Crippen molar-refractivity contribution in [3.05, 3.63) is 39.9 Å². The van der Waals surface area contributed by atoms with Crippen molar-refractivity contribution in [2.45, 2.75) is 18.9 Å². The van der Waals surface area contributed by atoms with Crippen LogP contribution in [0, 0.1) is 10.1 Å². The van der Waals surface area contributed by atoms with Gasteiger partial charge in [0.15, 0.2) is 0 Å². The minimum atomic E-state index is -0.506. The van der Waals surface area contributed by atoms with E-state index in [1.54, 1.807) is 17.0 Å². The Hall–Kier alpha value is -1.66. The summed E-state index contributed by atoms with van der Waals surface area (Å²) in [6.45, 7) is 1.27. The van der Waals surface area contributed by atoms with Crippen LogP contribution in [0.4, 0.5) is 5.69 Å². The first kappa shape index (κ1) is 16.4. The molecule has 1 aliphatic heterocycles. The molecule has 110 valence electrons. The second-order valence-corrected chi connectivity index (χ2v) is 4.63. The number of rotatable bonds is 3. The van der Waals surface area contributed by atoms with Gasteiger partial charge in [-0.05, 0) is 26.0 Å². The van der Waals surface area contributed by atoms with Crippen LogP contribution < -0.4 is 5.32 Å². The van der Waals surface area contributed by atoms with Crippen molar-refractivity contribution in [2.75, 3.05) is 20.1 Å². The van der Waals surface area contributed by atoms with Crippen LogP contribution in [0.5, 0.6) is 0 Å². The number of carbonyl (C=O) groups is 1. The van der Waals surface area contributed by atoms with E-state index >= 15 is 0 Å². The predicted octanol–water partition coefficient (Wildman–Crippen LogP) is 1.84. The molecule has 0 saturated carbocycles. The van der Waals surface area contributed by atoms with Crippen molar-refractivity contribution >= 4 is 24.0 Å². The van der Waals surface area contributed by atoms with Crippen LogP contribution in [0.3, 0.4) is 0 Å². The highest BCUT2D eigenvalue weighted by Crippen LogP contribution is 2.21. The Morgan fingerprint density at radius 2 is 1.95 bits per heavy atom. The fourth-order valence-corrected chi connectivity index (χ4v) is 2.36. The maximum Gasteiger partial charge on any atom is 0.282 e.